The molecule has 3 aromatic carbocycles. The van der Waals surface area contributed by atoms with Crippen molar-refractivity contribution < 1.29 is 17.6 Å². The normalized spacial score (nSPS) is 11.3. The van der Waals surface area contributed by atoms with E-state index in [-0.39, 0.29) is 11.4 Å². The van der Waals surface area contributed by atoms with Crippen LogP contribution in [-0.2, 0) is 0 Å². The standard InChI is InChI=1S/C20H14F4N4/c21-15-4-6-19(17(23)9-15)27-25-11-13-2-1-3-14(8-13)12-26-28-20-7-5-16(22)10-18(20)24/h1-12,27-28H. The summed E-state index contributed by atoms with van der Waals surface area (Å²) in [6.07, 6.45) is 2.90. The van der Waals surface area contributed by atoms with Gasteiger partial charge in [-0.3, -0.25) is 10.9 Å². The van der Waals surface area contributed by atoms with Crippen LogP contribution in [0.1, 0.15) is 11.1 Å². The van der Waals surface area contributed by atoms with Crippen LogP contribution in [0.5, 0.6) is 0 Å². The molecule has 0 unspecified atom stereocenters. The van der Waals surface area contributed by atoms with Crippen LogP contribution in [0.4, 0.5) is 28.9 Å². The Morgan fingerprint density at radius 1 is 0.607 bits per heavy atom. The third-order valence-corrected chi connectivity index (χ3v) is 3.57. The van der Waals surface area contributed by atoms with Crippen LogP contribution >= 0.6 is 0 Å². The van der Waals surface area contributed by atoms with Crippen LogP contribution in [0.25, 0.3) is 0 Å². The van der Waals surface area contributed by atoms with Crippen molar-refractivity contribution in [3.8, 4) is 0 Å². The zero-order valence-corrected chi connectivity index (χ0v) is 14.3. The molecule has 0 radical (unpaired) electrons. The van der Waals surface area contributed by atoms with Crippen molar-refractivity contribution in [3.05, 3.63) is 95.1 Å². The molecule has 0 spiro atoms. The smallest absolute Gasteiger partial charge is 0.151 e. The van der Waals surface area contributed by atoms with Gasteiger partial charge in [0.15, 0.2) is 11.6 Å². The second kappa shape index (κ2) is 8.81. The summed E-state index contributed by atoms with van der Waals surface area (Å²) in [5, 5.41) is 7.82. The van der Waals surface area contributed by atoms with E-state index in [9.17, 15) is 17.6 Å². The summed E-state index contributed by atoms with van der Waals surface area (Å²) in [4.78, 5) is 0. The minimum absolute atomic E-state index is 0.0425. The van der Waals surface area contributed by atoms with E-state index in [0.29, 0.717) is 11.1 Å². The second-order valence-electron chi connectivity index (χ2n) is 5.66. The van der Waals surface area contributed by atoms with Gasteiger partial charge >= 0.3 is 0 Å². The van der Waals surface area contributed by atoms with E-state index in [4.69, 9.17) is 0 Å². The zero-order valence-electron chi connectivity index (χ0n) is 14.3. The first-order valence-corrected chi connectivity index (χ1v) is 8.09. The van der Waals surface area contributed by atoms with Crippen molar-refractivity contribution in [3.63, 3.8) is 0 Å². The average Bonchev–Trinajstić information content (AvgIpc) is 2.66. The fourth-order valence-electron chi connectivity index (χ4n) is 2.23. The zero-order chi connectivity index (χ0) is 19.9. The van der Waals surface area contributed by atoms with Crippen LogP contribution < -0.4 is 10.9 Å². The van der Waals surface area contributed by atoms with E-state index >= 15 is 0 Å². The molecule has 3 rings (SSSR count). The molecule has 0 bridgehead atoms. The van der Waals surface area contributed by atoms with Gasteiger partial charge in [-0.15, -0.1) is 0 Å². The molecule has 4 nitrogen and oxygen atoms in total. The van der Waals surface area contributed by atoms with Crippen LogP contribution in [0, 0.1) is 23.3 Å². The lowest BCUT2D eigenvalue weighted by molar-refractivity contribution is 0.584. The number of hydrazone groups is 2. The molecule has 0 aromatic heterocycles. The van der Waals surface area contributed by atoms with Gasteiger partial charge in [0.05, 0.1) is 23.8 Å². The molecule has 0 heterocycles. The summed E-state index contributed by atoms with van der Waals surface area (Å²) in [6, 6.07) is 13.2. The lowest BCUT2D eigenvalue weighted by Gasteiger charge is -2.03. The summed E-state index contributed by atoms with van der Waals surface area (Å²) >= 11 is 0. The van der Waals surface area contributed by atoms with Crippen LogP contribution in [0.2, 0.25) is 0 Å². The average molecular weight is 386 g/mol. The summed E-state index contributed by atoms with van der Waals surface area (Å²) in [6.45, 7) is 0. The summed E-state index contributed by atoms with van der Waals surface area (Å²) in [5.41, 5.74) is 6.44. The molecule has 0 aliphatic heterocycles. The van der Waals surface area contributed by atoms with Gasteiger partial charge in [0, 0.05) is 12.1 Å². The maximum atomic E-state index is 13.5. The molecule has 0 saturated carbocycles. The number of anilines is 2. The molecule has 2 N–H and O–H groups in total. The van der Waals surface area contributed by atoms with Gasteiger partial charge in [0.1, 0.15) is 11.6 Å². The van der Waals surface area contributed by atoms with E-state index in [1.54, 1.807) is 24.3 Å². The van der Waals surface area contributed by atoms with E-state index in [1.165, 1.54) is 24.6 Å². The van der Waals surface area contributed by atoms with Gasteiger partial charge in [0.25, 0.3) is 0 Å². The Kier molecular flexibility index (Phi) is 6.01. The van der Waals surface area contributed by atoms with Gasteiger partial charge in [-0.05, 0) is 41.5 Å². The second-order valence-corrected chi connectivity index (χ2v) is 5.66. The van der Waals surface area contributed by atoms with Crippen LogP contribution in [0.3, 0.4) is 0 Å². The highest BCUT2D eigenvalue weighted by Crippen LogP contribution is 2.15. The van der Waals surface area contributed by atoms with Gasteiger partial charge < -0.3 is 0 Å². The van der Waals surface area contributed by atoms with Gasteiger partial charge in [-0.1, -0.05) is 18.2 Å². The largest absolute Gasteiger partial charge is 0.276 e. The van der Waals surface area contributed by atoms with Crippen molar-refractivity contribution in [2.75, 3.05) is 10.9 Å². The highest BCUT2D eigenvalue weighted by Gasteiger charge is 2.02. The minimum Gasteiger partial charge on any atom is -0.276 e. The van der Waals surface area contributed by atoms with Gasteiger partial charge in [-0.25, -0.2) is 17.6 Å². The first-order valence-electron chi connectivity index (χ1n) is 8.09. The fourth-order valence-corrected chi connectivity index (χ4v) is 2.23. The minimum atomic E-state index is -0.753. The lowest BCUT2D eigenvalue weighted by atomic mass is 10.1. The Hall–Kier alpha value is -3.68. The van der Waals surface area contributed by atoms with Crippen molar-refractivity contribution >= 4 is 23.8 Å². The summed E-state index contributed by atoms with van der Waals surface area (Å²) < 4.78 is 52.8. The molecule has 3 aromatic rings. The first kappa shape index (κ1) is 19.1. The molecule has 8 heteroatoms. The molecular formula is C20H14F4N4. The summed E-state index contributed by atoms with van der Waals surface area (Å²) in [5.74, 6) is -2.85. The molecule has 0 aliphatic rings. The Morgan fingerprint density at radius 2 is 1.07 bits per heavy atom. The number of rotatable bonds is 6. The highest BCUT2D eigenvalue weighted by atomic mass is 19.1. The number of benzene rings is 3. The number of hydrogen-bond acceptors (Lipinski definition) is 4. The number of nitrogens with one attached hydrogen (secondary N) is 2. The molecule has 0 amide bonds. The first-order chi connectivity index (χ1) is 13.5. The number of hydrogen-bond donors (Lipinski definition) is 2. The Labute approximate surface area is 158 Å². The maximum absolute atomic E-state index is 13.5. The fraction of sp³-hybridized carbons (Fsp3) is 0. The molecular weight excluding hydrogens is 372 g/mol. The topological polar surface area (TPSA) is 48.8 Å². The van der Waals surface area contributed by atoms with Crippen LogP contribution in [0.15, 0.2) is 70.9 Å². The van der Waals surface area contributed by atoms with Crippen molar-refractivity contribution in [1.29, 1.82) is 0 Å². The van der Waals surface area contributed by atoms with Crippen molar-refractivity contribution in [2.24, 2.45) is 10.2 Å². The summed E-state index contributed by atoms with van der Waals surface area (Å²) in [7, 11) is 0. The Balaban J connectivity index is 1.63. The maximum Gasteiger partial charge on any atom is 0.151 e. The molecule has 28 heavy (non-hydrogen) atoms. The Morgan fingerprint density at radius 3 is 1.50 bits per heavy atom. The lowest BCUT2D eigenvalue weighted by Crippen LogP contribution is -1.96. The Bertz CT molecular complexity index is 956. The molecule has 0 aliphatic carbocycles. The van der Waals surface area contributed by atoms with Crippen molar-refractivity contribution in [2.45, 2.75) is 0 Å². The van der Waals surface area contributed by atoms with E-state index < -0.39 is 23.3 Å². The molecule has 0 fully saturated rings. The molecule has 0 atom stereocenters. The highest BCUT2D eigenvalue weighted by molar-refractivity contribution is 5.86. The van der Waals surface area contributed by atoms with E-state index in [1.807, 2.05) is 0 Å². The molecule has 142 valence electrons. The van der Waals surface area contributed by atoms with Crippen LogP contribution in [-0.4, -0.2) is 12.4 Å². The monoisotopic (exact) mass is 386 g/mol. The van der Waals surface area contributed by atoms with E-state index in [2.05, 4.69) is 21.1 Å². The predicted octanol–water partition coefficient (Wildman–Crippen LogP) is 5.14. The SMILES string of the molecule is Fc1ccc(NN=Cc2cccc(C=NNc3ccc(F)cc3F)c2)c(F)c1. The third kappa shape index (κ3) is 5.16. The quantitative estimate of drug-likeness (QED) is 0.350. The van der Waals surface area contributed by atoms with Gasteiger partial charge in [-0.2, -0.15) is 10.2 Å². The number of halogens is 4. The van der Waals surface area contributed by atoms with Crippen molar-refractivity contribution in [1.82, 2.24) is 0 Å². The molecule has 0 saturated heterocycles. The predicted molar refractivity (Wildman–Crippen MR) is 102 cm³/mol. The van der Waals surface area contributed by atoms with Gasteiger partial charge in [0.2, 0.25) is 0 Å². The number of nitrogens with zero attached hydrogens (tertiary/aromatic N) is 2. The third-order valence-electron chi connectivity index (χ3n) is 3.57. The van der Waals surface area contributed by atoms with E-state index in [0.717, 1.165) is 24.3 Å².